The van der Waals surface area contributed by atoms with Gasteiger partial charge in [-0.05, 0) is 48.7 Å². The molecule has 1 amide bonds. The lowest BCUT2D eigenvalue weighted by atomic mass is 9.82. The van der Waals surface area contributed by atoms with Crippen LogP contribution in [-0.2, 0) is 20.9 Å². The van der Waals surface area contributed by atoms with Gasteiger partial charge < -0.3 is 9.47 Å². The number of rotatable bonds is 6. The Bertz CT molecular complexity index is 1390. The van der Waals surface area contributed by atoms with E-state index in [2.05, 4.69) is 28.6 Å². The van der Waals surface area contributed by atoms with Crippen molar-refractivity contribution >= 4 is 28.7 Å². The molecule has 8 heteroatoms. The maximum absolute atomic E-state index is 13.2. The monoisotopic (exact) mass is 527 g/mol. The second kappa shape index (κ2) is 11.3. The Balaban J connectivity index is 1.04. The van der Waals surface area contributed by atoms with Crippen LogP contribution in [0.3, 0.4) is 0 Å². The number of aromatic nitrogens is 1. The highest BCUT2D eigenvalue weighted by atomic mass is 16.8. The van der Waals surface area contributed by atoms with Gasteiger partial charge in [0.25, 0.3) is 5.91 Å². The number of para-hydroxylation sites is 1. The number of hydroxylamine groups is 1. The predicted octanol–water partition coefficient (Wildman–Crippen LogP) is 4.82. The van der Waals surface area contributed by atoms with E-state index in [4.69, 9.17) is 19.3 Å². The number of benzene rings is 2. The fourth-order valence-corrected chi connectivity index (χ4v) is 5.57. The molecule has 3 aromatic rings. The third-order valence-corrected chi connectivity index (χ3v) is 7.78. The molecule has 1 atom stereocenters. The van der Waals surface area contributed by atoms with E-state index in [1.54, 1.807) is 12.1 Å². The standard InChI is InChI=1S/C31H33N3O5/c35-27-20-31(14-16-34(17-15-31)21-24-11-10-23-5-1-2-6-26(23)32-24)38-28-12-8-22(19-25(27)28)9-13-29(36)33-39-30-7-3-4-18-37-30/h1-2,5-6,8-13,19,30H,3-4,7,14-18,20-21H2,(H,33,36). The molecule has 0 radical (unpaired) electrons. The highest BCUT2D eigenvalue weighted by Crippen LogP contribution is 2.40. The molecule has 1 spiro atoms. The van der Waals surface area contributed by atoms with E-state index in [1.807, 2.05) is 30.3 Å². The molecule has 3 aliphatic heterocycles. The van der Waals surface area contributed by atoms with Crippen LogP contribution in [0.4, 0.5) is 0 Å². The van der Waals surface area contributed by atoms with Gasteiger partial charge in [-0.3, -0.25) is 19.5 Å². The lowest BCUT2D eigenvalue weighted by molar-refractivity contribution is -0.198. The molecule has 2 saturated heterocycles. The van der Waals surface area contributed by atoms with E-state index in [-0.39, 0.29) is 11.7 Å². The van der Waals surface area contributed by atoms with Crippen LogP contribution >= 0.6 is 0 Å². The zero-order valence-electron chi connectivity index (χ0n) is 21.9. The Morgan fingerprint density at radius 1 is 1.13 bits per heavy atom. The van der Waals surface area contributed by atoms with E-state index in [0.29, 0.717) is 24.3 Å². The molecule has 6 rings (SSSR count). The number of nitrogens with one attached hydrogen (secondary N) is 1. The van der Waals surface area contributed by atoms with Gasteiger partial charge in [0, 0.05) is 57.0 Å². The molecule has 0 bridgehead atoms. The summed E-state index contributed by atoms with van der Waals surface area (Å²) in [7, 11) is 0. The zero-order valence-corrected chi connectivity index (χ0v) is 21.9. The highest BCUT2D eigenvalue weighted by molar-refractivity contribution is 6.01. The molecule has 3 aliphatic rings. The predicted molar refractivity (Wildman–Crippen MR) is 147 cm³/mol. The summed E-state index contributed by atoms with van der Waals surface area (Å²) < 4.78 is 11.9. The summed E-state index contributed by atoms with van der Waals surface area (Å²) in [5.74, 6) is 0.322. The number of carbonyl (C=O) groups excluding carboxylic acids is 2. The molecule has 1 unspecified atom stereocenters. The number of amides is 1. The lowest BCUT2D eigenvalue weighted by Gasteiger charge is -2.44. The number of carbonyl (C=O) groups is 2. The molecule has 39 heavy (non-hydrogen) atoms. The summed E-state index contributed by atoms with van der Waals surface area (Å²) in [6.07, 6.45) is 7.39. The molecule has 1 aromatic heterocycles. The Kier molecular flexibility index (Phi) is 7.41. The van der Waals surface area contributed by atoms with Gasteiger partial charge in [-0.25, -0.2) is 10.3 Å². The quantitative estimate of drug-likeness (QED) is 0.363. The maximum atomic E-state index is 13.2. The second-order valence-electron chi connectivity index (χ2n) is 10.6. The van der Waals surface area contributed by atoms with Crippen LogP contribution in [0.1, 0.15) is 60.1 Å². The SMILES string of the molecule is O=C(C=Cc1ccc2c(c1)C(=O)CC1(CCN(Cc3ccc4ccccc4n3)CC1)O2)NOC1CCCCO1. The van der Waals surface area contributed by atoms with Crippen molar-refractivity contribution in [3.8, 4) is 5.75 Å². The van der Waals surface area contributed by atoms with Crippen LogP contribution < -0.4 is 10.2 Å². The molecule has 0 saturated carbocycles. The average Bonchev–Trinajstić information content (AvgIpc) is 2.97. The van der Waals surface area contributed by atoms with Crippen molar-refractivity contribution in [2.45, 2.75) is 57.0 Å². The fourth-order valence-electron chi connectivity index (χ4n) is 5.57. The van der Waals surface area contributed by atoms with Gasteiger partial charge >= 0.3 is 0 Å². The summed E-state index contributed by atoms with van der Waals surface area (Å²) >= 11 is 0. The van der Waals surface area contributed by atoms with Crippen LogP contribution in [0.15, 0.2) is 60.7 Å². The molecule has 2 aromatic carbocycles. The maximum Gasteiger partial charge on any atom is 0.267 e. The number of hydrogen-bond donors (Lipinski definition) is 1. The smallest absolute Gasteiger partial charge is 0.267 e. The Hall–Kier alpha value is -3.59. The third kappa shape index (κ3) is 6.03. The van der Waals surface area contributed by atoms with Crippen molar-refractivity contribution in [1.29, 1.82) is 0 Å². The van der Waals surface area contributed by atoms with E-state index in [1.165, 1.54) is 6.08 Å². The topological polar surface area (TPSA) is 90.0 Å². The van der Waals surface area contributed by atoms with Gasteiger partial charge in [-0.2, -0.15) is 0 Å². The highest BCUT2D eigenvalue weighted by Gasteiger charge is 2.43. The van der Waals surface area contributed by atoms with Gasteiger partial charge in [-0.15, -0.1) is 0 Å². The Morgan fingerprint density at radius 2 is 2.00 bits per heavy atom. The number of piperidine rings is 1. The average molecular weight is 528 g/mol. The Morgan fingerprint density at radius 3 is 2.85 bits per heavy atom. The molecule has 202 valence electrons. The van der Waals surface area contributed by atoms with E-state index >= 15 is 0 Å². The summed E-state index contributed by atoms with van der Waals surface area (Å²) in [6.45, 7) is 3.12. The van der Waals surface area contributed by atoms with Crippen molar-refractivity contribution < 1.29 is 23.9 Å². The first kappa shape index (κ1) is 25.7. The van der Waals surface area contributed by atoms with Crippen molar-refractivity contribution in [1.82, 2.24) is 15.4 Å². The van der Waals surface area contributed by atoms with Crippen LogP contribution in [0, 0.1) is 0 Å². The fraction of sp³-hybridized carbons (Fsp3) is 0.387. The number of pyridine rings is 1. The molecular weight excluding hydrogens is 494 g/mol. The first-order valence-electron chi connectivity index (χ1n) is 13.7. The minimum atomic E-state index is -0.465. The number of likely N-dealkylation sites (tertiary alicyclic amines) is 1. The summed E-state index contributed by atoms with van der Waals surface area (Å²) in [6, 6.07) is 17.9. The van der Waals surface area contributed by atoms with Gasteiger partial charge in [0.05, 0.1) is 23.2 Å². The minimum Gasteiger partial charge on any atom is -0.486 e. The normalized spacial score (nSPS) is 21.1. The van der Waals surface area contributed by atoms with Crippen molar-refractivity contribution in [2.75, 3.05) is 19.7 Å². The van der Waals surface area contributed by atoms with Crippen LogP contribution in [-0.4, -0.2) is 53.2 Å². The summed E-state index contributed by atoms with van der Waals surface area (Å²) in [5, 5.41) is 1.15. The molecule has 1 N–H and O–H groups in total. The zero-order chi connectivity index (χ0) is 26.7. The third-order valence-electron chi connectivity index (χ3n) is 7.78. The summed E-state index contributed by atoms with van der Waals surface area (Å²) in [4.78, 5) is 37.8. The minimum absolute atomic E-state index is 0.0818. The second-order valence-corrected chi connectivity index (χ2v) is 10.6. The lowest BCUT2D eigenvalue weighted by Crippen LogP contribution is -2.50. The molecule has 0 aliphatic carbocycles. The Labute approximate surface area is 227 Å². The number of Topliss-reactive ketones (excluding diaryl/α,β-unsaturated/α-hetero) is 1. The number of hydrogen-bond acceptors (Lipinski definition) is 7. The van der Waals surface area contributed by atoms with Gasteiger partial charge in [0.15, 0.2) is 12.1 Å². The molecular formula is C31H33N3O5. The van der Waals surface area contributed by atoms with Crippen LogP contribution in [0.5, 0.6) is 5.75 Å². The largest absolute Gasteiger partial charge is 0.486 e. The number of fused-ring (bicyclic) bond motifs is 2. The van der Waals surface area contributed by atoms with Crippen LogP contribution in [0.2, 0.25) is 0 Å². The number of ether oxygens (including phenoxy) is 2. The van der Waals surface area contributed by atoms with Crippen molar-refractivity contribution in [3.63, 3.8) is 0 Å². The van der Waals surface area contributed by atoms with Gasteiger partial charge in [-0.1, -0.05) is 30.3 Å². The first-order chi connectivity index (χ1) is 19.1. The number of nitrogens with zero attached hydrogens (tertiary/aromatic N) is 2. The molecule has 2 fully saturated rings. The van der Waals surface area contributed by atoms with Gasteiger partial charge in [0.2, 0.25) is 0 Å². The van der Waals surface area contributed by atoms with Crippen molar-refractivity contribution in [3.05, 3.63) is 77.5 Å². The van der Waals surface area contributed by atoms with Gasteiger partial charge in [0.1, 0.15) is 11.4 Å². The molecule has 4 heterocycles. The van der Waals surface area contributed by atoms with Crippen LogP contribution in [0.25, 0.3) is 17.0 Å². The first-order valence-corrected chi connectivity index (χ1v) is 13.7. The van der Waals surface area contributed by atoms with E-state index < -0.39 is 11.9 Å². The number of ketones is 1. The summed E-state index contributed by atoms with van der Waals surface area (Å²) in [5.41, 5.74) is 5.33. The van der Waals surface area contributed by atoms with E-state index in [9.17, 15) is 9.59 Å². The molecule has 8 nitrogen and oxygen atoms in total. The van der Waals surface area contributed by atoms with Crippen molar-refractivity contribution in [2.24, 2.45) is 0 Å². The van der Waals surface area contributed by atoms with E-state index in [0.717, 1.165) is 73.9 Å².